The van der Waals surface area contributed by atoms with Crippen LogP contribution < -0.4 is 10.0 Å². The lowest BCUT2D eigenvalue weighted by molar-refractivity contribution is 0.555. The summed E-state index contributed by atoms with van der Waals surface area (Å²) in [6.45, 7) is 5.34. The number of rotatable bonds is 10. The van der Waals surface area contributed by atoms with Crippen molar-refractivity contribution in [2.45, 2.75) is 39.2 Å². The molecule has 0 atom stereocenters. The number of aryl methyl sites for hydroxylation is 1. The number of sulfonamides is 1. The molecular weight excluding hydrogens is 278 g/mol. The van der Waals surface area contributed by atoms with Crippen molar-refractivity contribution in [2.24, 2.45) is 7.05 Å². The van der Waals surface area contributed by atoms with E-state index >= 15 is 0 Å². The maximum Gasteiger partial charge on any atom is 0.211 e. The van der Waals surface area contributed by atoms with E-state index in [2.05, 4.69) is 34.0 Å². The van der Waals surface area contributed by atoms with Crippen LogP contribution in [0, 0.1) is 0 Å². The molecule has 1 aromatic heterocycles. The van der Waals surface area contributed by atoms with E-state index in [1.165, 1.54) is 0 Å². The van der Waals surface area contributed by atoms with Gasteiger partial charge in [0.25, 0.3) is 0 Å². The van der Waals surface area contributed by atoms with Gasteiger partial charge in [0.15, 0.2) is 5.82 Å². The zero-order valence-electron chi connectivity index (χ0n) is 12.5. The summed E-state index contributed by atoms with van der Waals surface area (Å²) in [5, 5.41) is 7.36. The van der Waals surface area contributed by atoms with Gasteiger partial charge in [-0.2, -0.15) is 5.10 Å². The van der Waals surface area contributed by atoms with Crippen LogP contribution in [0.5, 0.6) is 0 Å². The molecule has 1 rings (SSSR count). The first kappa shape index (κ1) is 17.1. The third-order valence-electron chi connectivity index (χ3n) is 2.71. The third-order valence-corrected chi connectivity index (χ3v) is 4.18. The highest BCUT2D eigenvalue weighted by Gasteiger charge is 2.09. The van der Waals surface area contributed by atoms with Gasteiger partial charge in [0.1, 0.15) is 6.33 Å². The van der Waals surface area contributed by atoms with Crippen LogP contribution in [0.4, 0.5) is 0 Å². The van der Waals surface area contributed by atoms with E-state index in [9.17, 15) is 8.42 Å². The molecule has 0 radical (unpaired) electrons. The fourth-order valence-corrected chi connectivity index (χ4v) is 2.84. The summed E-state index contributed by atoms with van der Waals surface area (Å²) in [6.07, 6.45) is 3.64. The standard InChI is InChI=1S/C12H25N5O2S/c1-11(2)13-7-4-5-9-20(18,19)15-8-6-12-14-10-17(3)16-12/h10-11,13,15H,4-9H2,1-3H3. The molecule has 0 aliphatic heterocycles. The van der Waals surface area contributed by atoms with E-state index in [-0.39, 0.29) is 5.75 Å². The quantitative estimate of drug-likeness (QED) is 0.597. The summed E-state index contributed by atoms with van der Waals surface area (Å²) in [5.74, 6) is 0.818. The molecule has 0 bridgehead atoms. The SMILES string of the molecule is CC(C)NCCCCS(=O)(=O)NCCc1ncn(C)n1. The van der Waals surface area contributed by atoms with Gasteiger partial charge in [-0.25, -0.2) is 18.1 Å². The number of nitrogens with zero attached hydrogens (tertiary/aromatic N) is 3. The van der Waals surface area contributed by atoms with Crippen LogP contribution in [-0.2, 0) is 23.5 Å². The highest BCUT2D eigenvalue weighted by Crippen LogP contribution is 1.95. The summed E-state index contributed by atoms with van der Waals surface area (Å²) < 4.78 is 27.7. The average Bonchev–Trinajstić information content (AvgIpc) is 2.74. The third kappa shape index (κ3) is 7.56. The molecule has 116 valence electrons. The highest BCUT2D eigenvalue weighted by atomic mass is 32.2. The molecule has 1 heterocycles. The van der Waals surface area contributed by atoms with Crippen LogP contribution in [0.2, 0.25) is 0 Å². The van der Waals surface area contributed by atoms with Crippen LogP contribution in [0.3, 0.4) is 0 Å². The fourth-order valence-electron chi connectivity index (χ4n) is 1.70. The molecule has 1 aromatic rings. The molecule has 0 aliphatic rings. The Bertz CT molecular complexity index is 484. The Morgan fingerprint density at radius 2 is 2.05 bits per heavy atom. The van der Waals surface area contributed by atoms with Gasteiger partial charge >= 0.3 is 0 Å². The van der Waals surface area contributed by atoms with Gasteiger partial charge in [-0.3, -0.25) is 4.68 Å². The van der Waals surface area contributed by atoms with E-state index in [1.807, 2.05) is 0 Å². The van der Waals surface area contributed by atoms with E-state index in [0.29, 0.717) is 31.3 Å². The first-order valence-electron chi connectivity index (χ1n) is 6.94. The smallest absolute Gasteiger partial charge is 0.211 e. The first-order valence-corrected chi connectivity index (χ1v) is 8.59. The van der Waals surface area contributed by atoms with Crippen LogP contribution >= 0.6 is 0 Å². The molecule has 0 amide bonds. The van der Waals surface area contributed by atoms with E-state index in [1.54, 1.807) is 18.1 Å². The van der Waals surface area contributed by atoms with Crippen molar-refractivity contribution in [3.05, 3.63) is 12.2 Å². The van der Waals surface area contributed by atoms with Crippen LogP contribution in [0.25, 0.3) is 0 Å². The second-order valence-electron chi connectivity index (χ2n) is 5.11. The zero-order chi connectivity index (χ0) is 15.0. The van der Waals surface area contributed by atoms with Crippen molar-refractivity contribution < 1.29 is 8.42 Å². The molecule has 2 N–H and O–H groups in total. The summed E-state index contributed by atoms with van der Waals surface area (Å²) in [4.78, 5) is 4.05. The predicted molar refractivity (Wildman–Crippen MR) is 78.9 cm³/mol. The lowest BCUT2D eigenvalue weighted by Gasteiger charge is -2.08. The Balaban J connectivity index is 2.14. The molecule has 0 aromatic carbocycles. The fraction of sp³-hybridized carbons (Fsp3) is 0.833. The number of nitrogens with one attached hydrogen (secondary N) is 2. The maximum absolute atomic E-state index is 11.7. The Hall–Kier alpha value is -0.990. The molecule has 7 nitrogen and oxygen atoms in total. The summed E-state index contributed by atoms with van der Waals surface area (Å²) >= 11 is 0. The van der Waals surface area contributed by atoms with Crippen molar-refractivity contribution >= 4 is 10.0 Å². The molecule has 0 saturated heterocycles. The Labute approximate surface area is 121 Å². The van der Waals surface area contributed by atoms with E-state index in [0.717, 1.165) is 13.0 Å². The normalized spacial score (nSPS) is 12.2. The van der Waals surface area contributed by atoms with E-state index < -0.39 is 10.0 Å². The lowest BCUT2D eigenvalue weighted by Crippen LogP contribution is -2.29. The minimum Gasteiger partial charge on any atom is -0.315 e. The molecular formula is C12H25N5O2S. The van der Waals surface area contributed by atoms with Gasteiger partial charge < -0.3 is 5.32 Å². The predicted octanol–water partition coefficient (Wildman–Crippen LogP) is 0.0552. The number of unbranched alkanes of at least 4 members (excludes halogenated alkanes) is 1. The monoisotopic (exact) mass is 303 g/mol. The summed E-state index contributed by atoms with van der Waals surface area (Å²) in [5.41, 5.74) is 0. The van der Waals surface area contributed by atoms with Gasteiger partial charge in [0.2, 0.25) is 10.0 Å². The molecule has 8 heteroatoms. The van der Waals surface area contributed by atoms with E-state index in [4.69, 9.17) is 0 Å². The van der Waals surface area contributed by atoms with Crippen molar-refractivity contribution in [3.8, 4) is 0 Å². The summed E-state index contributed by atoms with van der Waals surface area (Å²) in [7, 11) is -1.40. The minimum absolute atomic E-state index is 0.169. The van der Waals surface area contributed by atoms with Crippen molar-refractivity contribution in [1.82, 2.24) is 24.8 Å². The first-order chi connectivity index (χ1) is 9.39. The van der Waals surface area contributed by atoms with Gasteiger partial charge in [0, 0.05) is 26.1 Å². The lowest BCUT2D eigenvalue weighted by atomic mass is 10.3. The van der Waals surface area contributed by atoms with Gasteiger partial charge in [0.05, 0.1) is 5.75 Å². The maximum atomic E-state index is 11.7. The number of hydrogen-bond acceptors (Lipinski definition) is 5. The molecule has 0 saturated carbocycles. The van der Waals surface area contributed by atoms with Gasteiger partial charge in [-0.05, 0) is 19.4 Å². The Kier molecular flexibility index (Phi) is 7.11. The van der Waals surface area contributed by atoms with Crippen LogP contribution in [0.1, 0.15) is 32.5 Å². The number of hydrogen-bond donors (Lipinski definition) is 2. The molecule has 0 spiro atoms. The van der Waals surface area contributed by atoms with Crippen molar-refractivity contribution in [3.63, 3.8) is 0 Å². The highest BCUT2D eigenvalue weighted by molar-refractivity contribution is 7.89. The Morgan fingerprint density at radius 3 is 2.65 bits per heavy atom. The Morgan fingerprint density at radius 1 is 1.30 bits per heavy atom. The van der Waals surface area contributed by atoms with Gasteiger partial charge in [-0.1, -0.05) is 13.8 Å². The largest absolute Gasteiger partial charge is 0.315 e. The van der Waals surface area contributed by atoms with Gasteiger partial charge in [-0.15, -0.1) is 0 Å². The van der Waals surface area contributed by atoms with Crippen molar-refractivity contribution in [2.75, 3.05) is 18.8 Å². The molecule has 0 aliphatic carbocycles. The second-order valence-corrected chi connectivity index (χ2v) is 7.04. The zero-order valence-corrected chi connectivity index (χ0v) is 13.3. The average molecular weight is 303 g/mol. The molecule has 0 unspecified atom stereocenters. The minimum atomic E-state index is -3.19. The summed E-state index contributed by atoms with van der Waals surface area (Å²) in [6, 6.07) is 0.440. The van der Waals surface area contributed by atoms with Crippen LogP contribution in [-0.4, -0.2) is 48.1 Å². The molecule has 20 heavy (non-hydrogen) atoms. The topological polar surface area (TPSA) is 88.9 Å². The second kappa shape index (κ2) is 8.33. The van der Waals surface area contributed by atoms with Crippen LogP contribution in [0.15, 0.2) is 6.33 Å². The molecule has 0 fully saturated rings. The van der Waals surface area contributed by atoms with Crippen molar-refractivity contribution in [1.29, 1.82) is 0 Å². The number of aromatic nitrogens is 3.